The summed E-state index contributed by atoms with van der Waals surface area (Å²) in [5, 5.41) is 22.2. The Bertz CT molecular complexity index is 1350. The predicted molar refractivity (Wildman–Crippen MR) is 153 cm³/mol. The summed E-state index contributed by atoms with van der Waals surface area (Å²) in [4.78, 5) is 21.5. The Morgan fingerprint density at radius 3 is 2.63 bits per heavy atom. The molecule has 8 heteroatoms. The fourth-order valence-corrected chi connectivity index (χ4v) is 5.08. The van der Waals surface area contributed by atoms with Gasteiger partial charge in [-0.05, 0) is 81.0 Å². The van der Waals surface area contributed by atoms with Crippen LogP contribution in [0.3, 0.4) is 0 Å². The van der Waals surface area contributed by atoms with Crippen molar-refractivity contribution >= 4 is 28.4 Å². The van der Waals surface area contributed by atoms with Crippen molar-refractivity contribution in [2.45, 2.75) is 59.7 Å². The van der Waals surface area contributed by atoms with Gasteiger partial charge in [-0.25, -0.2) is 9.78 Å². The number of nitrogens with zero attached hydrogens (tertiary/aromatic N) is 2. The third-order valence-corrected chi connectivity index (χ3v) is 6.76. The number of carbonyl (C=O) groups excluding carboxylic acids is 1. The number of aromatic nitrogens is 2. The Kier molecular flexibility index (Phi) is 7.50. The number of aryl methyl sites for hydroxylation is 1. The number of piperidine rings is 1. The molecule has 1 unspecified atom stereocenters. The molecule has 0 radical (unpaired) electrons. The van der Waals surface area contributed by atoms with Gasteiger partial charge in [0, 0.05) is 54.6 Å². The summed E-state index contributed by atoms with van der Waals surface area (Å²) in [6.45, 7) is 15.5. The summed E-state index contributed by atoms with van der Waals surface area (Å²) in [6, 6.07) is 7.93. The fraction of sp³-hybridized carbons (Fsp3) is 0.433. The molecule has 1 amide bonds. The molecule has 1 saturated heterocycles. The zero-order valence-corrected chi connectivity index (χ0v) is 23.4. The topological polar surface area (TPSA) is 108 Å². The van der Waals surface area contributed by atoms with Gasteiger partial charge in [0.1, 0.15) is 11.4 Å². The lowest BCUT2D eigenvalue weighted by molar-refractivity contribution is 0.0528. The van der Waals surface area contributed by atoms with Crippen molar-refractivity contribution in [1.29, 1.82) is 0 Å². The number of benzene rings is 1. The number of hydrogen-bond acceptors (Lipinski definition) is 7. The number of pyridine rings is 2. The maximum Gasteiger partial charge on any atom is 0.412 e. The van der Waals surface area contributed by atoms with Gasteiger partial charge in [-0.2, -0.15) is 0 Å². The van der Waals surface area contributed by atoms with Gasteiger partial charge in [0.2, 0.25) is 0 Å². The summed E-state index contributed by atoms with van der Waals surface area (Å²) in [5.41, 5.74) is 2.94. The zero-order valence-electron chi connectivity index (χ0n) is 23.4. The van der Waals surface area contributed by atoms with Crippen LogP contribution in [0.5, 0.6) is 0 Å². The van der Waals surface area contributed by atoms with E-state index < -0.39 is 17.3 Å². The van der Waals surface area contributed by atoms with Gasteiger partial charge < -0.3 is 20.5 Å². The van der Waals surface area contributed by atoms with Crippen molar-refractivity contribution in [3.8, 4) is 11.1 Å². The number of nitrogens with one attached hydrogen (secondary N) is 3. The molecule has 1 fully saturated rings. The van der Waals surface area contributed by atoms with E-state index in [9.17, 15) is 9.90 Å². The van der Waals surface area contributed by atoms with Crippen LogP contribution in [0.4, 0.5) is 16.3 Å². The second-order valence-corrected chi connectivity index (χ2v) is 11.9. The highest BCUT2D eigenvalue weighted by Gasteiger charge is 2.39. The third-order valence-electron chi connectivity index (χ3n) is 6.76. The lowest BCUT2D eigenvalue weighted by atomic mass is 9.72. The van der Waals surface area contributed by atoms with E-state index in [2.05, 4.69) is 51.9 Å². The molecule has 1 aliphatic rings. The molecule has 1 aliphatic heterocycles. The fourth-order valence-electron chi connectivity index (χ4n) is 5.08. The largest absolute Gasteiger partial charge is 0.444 e. The molecule has 4 rings (SSSR count). The van der Waals surface area contributed by atoms with Crippen LogP contribution in [0.25, 0.3) is 21.9 Å². The highest BCUT2D eigenvalue weighted by atomic mass is 16.6. The summed E-state index contributed by atoms with van der Waals surface area (Å²) in [7, 11) is 0. The highest BCUT2D eigenvalue weighted by molar-refractivity contribution is 6.03. The molecule has 2 aromatic heterocycles. The van der Waals surface area contributed by atoms with E-state index in [0.29, 0.717) is 24.6 Å². The summed E-state index contributed by atoms with van der Waals surface area (Å²) >= 11 is 0. The minimum atomic E-state index is -0.904. The molecule has 0 bridgehead atoms. The monoisotopic (exact) mass is 517 g/mol. The smallest absolute Gasteiger partial charge is 0.412 e. The predicted octanol–water partition coefficient (Wildman–Crippen LogP) is 5.67. The molecule has 38 heavy (non-hydrogen) atoms. The maximum atomic E-state index is 12.6. The van der Waals surface area contributed by atoms with E-state index in [1.165, 1.54) is 0 Å². The average Bonchev–Trinajstić information content (AvgIpc) is 2.79. The van der Waals surface area contributed by atoms with Crippen molar-refractivity contribution in [3.63, 3.8) is 0 Å². The van der Waals surface area contributed by atoms with Crippen LogP contribution in [0, 0.1) is 12.3 Å². The zero-order chi connectivity index (χ0) is 27.7. The van der Waals surface area contributed by atoms with Crippen LogP contribution in [-0.2, 0) is 4.74 Å². The van der Waals surface area contributed by atoms with Gasteiger partial charge in [0.05, 0.1) is 11.3 Å². The van der Waals surface area contributed by atoms with E-state index in [1.807, 2.05) is 59.0 Å². The van der Waals surface area contributed by atoms with Gasteiger partial charge in [0.15, 0.2) is 0 Å². The molecule has 0 saturated carbocycles. The van der Waals surface area contributed by atoms with E-state index in [-0.39, 0.29) is 5.41 Å². The van der Waals surface area contributed by atoms with Gasteiger partial charge >= 0.3 is 6.09 Å². The molecule has 202 valence electrons. The molecule has 1 aromatic carbocycles. The van der Waals surface area contributed by atoms with Crippen molar-refractivity contribution in [3.05, 3.63) is 60.1 Å². The Morgan fingerprint density at radius 1 is 1.18 bits per heavy atom. The first-order valence-electron chi connectivity index (χ1n) is 13.0. The third kappa shape index (κ3) is 6.31. The van der Waals surface area contributed by atoms with Gasteiger partial charge in [-0.3, -0.25) is 10.3 Å². The SMILES string of the molecule is Cc1ccncc1-c1cc(NC(=O)OC(C)(C)C)c2cnc(NC/C=C3/C(C)(C)CNCC3(C)O)cc2c1. The van der Waals surface area contributed by atoms with Crippen molar-refractivity contribution in [1.82, 2.24) is 15.3 Å². The Morgan fingerprint density at radius 2 is 1.95 bits per heavy atom. The first-order valence-corrected chi connectivity index (χ1v) is 13.0. The number of rotatable bonds is 5. The molecule has 8 nitrogen and oxygen atoms in total. The van der Waals surface area contributed by atoms with Crippen LogP contribution < -0.4 is 16.0 Å². The van der Waals surface area contributed by atoms with E-state index >= 15 is 0 Å². The summed E-state index contributed by atoms with van der Waals surface area (Å²) in [5.74, 6) is 0.698. The number of anilines is 2. The Labute approximate surface area is 224 Å². The van der Waals surface area contributed by atoms with Crippen LogP contribution in [-0.4, -0.2) is 52.0 Å². The van der Waals surface area contributed by atoms with Crippen LogP contribution in [0.1, 0.15) is 47.1 Å². The van der Waals surface area contributed by atoms with Gasteiger partial charge in [0.25, 0.3) is 0 Å². The molecule has 1 atom stereocenters. The number of amides is 1. The van der Waals surface area contributed by atoms with Crippen molar-refractivity contribution < 1.29 is 14.6 Å². The molecular weight excluding hydrogens is 478 g/mol. The number of fused-ring (bicyclic) bond motifs is 1. The maximum absolute atomic E-state index is 12.6. The Hall–Kier alpha value is -3.49. The van der Waals surface area contributed by atoms with Crippen LogP contribution >= 0.6 is 0 Å². The average molecular weight is 518 g/mol. The quantitative estimate of drug-likeness (QED) is 0.323. The normalized spacial score (nSPS) is 20.4. The molecule has 0 aliphatic carbocycles. The first kappa shape index (κ1) is 27.5. The number of hydrogen-bond donors (Lipinski definition) is 4. The van der Waals surface area contributed by atoms with Crippen molar-refractivity contribution in [2.24, 2.45) is 5.41 Å². The molecular formula is C30H39N5O3. The number of carbonyl (C=O) groups is 1. The minimum Gasteiger partial charge on any atom is -0.444 e. The second kappa shape index (κ2) is 10.3. The minimum absolute atomic E-state index is 0.154. The molecule has 4 N–H and O–H groups in total. The highest BCUT2D eigenvalue weighted by Crippen LogP contribution is 2.37. The molecule has 3 aromatic rings. The van der Waals surface area contributed by atoms with Crippen LogP contribution in [0.15, 0.2) is 54.5 Å². The lowest BCUT2D eigenvalue weighted by Crippen LogP contribution is -2.53. The van der Waals surface area contributed by atoms with E-state index in [1.54, 1.807) is 12.4 Å². The summed E-state index contributed by atoms with van der Waals surface area (Å²) in [6.07, 6.45) is 6.89. The van der Waals surface area contributed by atoms with Crippen LogP contribution in [0.2, 0.25) is 0 Å². The van der Waals surface area contributed by atoms with Crippen molar-refractivity contribution in [2.75, 3.05) is 30.3 Å². The lowest BCUT2D eigenvalue weighted by Gasteiger charge is -2.43. The number of β-amino-alcohol motifs (C(OH)–C–C–N with tert-alkyl or cyclic N) is 1. The van der Waals surface area contributed by atoms with E-state index in [4.69, 9.17) is 4.74 Å². The Balaban J connectivity index is 1.68. The van der Waals surface area contributed by atoms with Gasteiger partial charge in [-0.15, -0.1) is 0 Å². The number of ether oxygens (including phenoxy) is 1. The molecule has 0 spiro atoms. The van der Waals surface area contributed by atoms with Gasteiger partial charge in [-0.1, -0.05) is 19.9 Å². The number of aliphatic hydroxyl groups is 1. The first-order chi connectivity index (χ1) is 17.7. The molecule has 3 heterocycles. The van der Waals surface area contributed by atoms with E-state index in [0.717, 1.165) is 39.6 Å². The summed E-state index contributed by atoms with van der Waals surface area (Å²) < 4.78 is 5.50. The standard InChI is InChI=1S/C30H39N5O3/c1-19-8-10-31-15-22(19)20-12-21-14-26(33-11-9-25-29(5,6)17-32-18-30(25,7)37)34-16-23(21)24(13-20)35-27(36)38-28(2,3)4/h8-10,12-16,32,37H,11,17-18H2,1-7H3,(H,33,34)(H,35,36)/b25-9-. The second-order valence-electron chi connectivity index (χ2n) is 11.9.